The van der Waals surface area contributed by atoms with Gasteiger partial charge < -0.3 is 15.0 Å². The maximum Gasteiger partial charge on any atom is 0.276 e. The third-order valence-electron chi connectivity index (χ3n) is 5.07. The molecule has 0 aliphatic heterocycles. The highest BCUT2D eigenvalue weighted by Gasteiger charge is 2.40. The Morgan fingerprint density at radius 3 is 2.57 bits per heavy atom. The molecule has 1 heterocycles. The second-order valence-electron chi connectivity index (χ2n) is 8.55. The van der Waals surface area contributed by atoms with Gasteiger partial charge in [-0.2, -0.15) is 0 Å². The van der Waals surface area contributed by atoms with Crippen molar-refractivity contribution in [3.63, 3.8) is 0 Å². The summed E-state index contributed by atoms with van der Waals surface area (Å²) in [4.78, 5) is 28.9. The fourth-order valence-corrected chi connectivity index (χ4v) is 4.35. The zero-order valence-electron chi connectivity index (χ0n) is 18.1. The molecule has 2 aromatic rings. The number of hydrogen-bond acceptors (Lipinski definition) is 6. The summed E-state index contributed by atoms with van der Waals surface area (Å²) in [5.41, 5.74) is 0.515. The molecule has 8 heteroatoms. The van der Waals surface area contributed by atoms with Crippen molar-refractivity contribution in [2.75, 3.05) is 6.61 Å². The Morgan fingerprint density at radius 2 is 1.97 bits per heavy atom. The predicted octanol–water partition coefficient (Wildman–Crippen LogP) is 3.98. The monoisotopic (exact) mass is 430 g/mol. The first-order valence-electron chi connectivity index (χ1n) is 10.4. The van der Waals surface area contributed by atoms with E-state index in [4.69, 9.17) is 4.74 Å². The number of carbonyl (C=O) groups is 2. The van der Waals surface area contributed by atoms with E-state index in [1.54, 1.807) is 10.3 Å². The van der Waals surface area contributed by atoms with Crippen molar-refractivity contribution >= 4 is 23.3 Å². The topological polar surface area (TPSA) is 84.4 Å². The number of benzene rings is 1. The molecule has 1 aliphatic rings. The number of nitrogens with one attached hydrogen (secondary N) is 1. The molecule has 30 heavy (non-hydrogen) atoms. The number of rotatable bonds is 7. The molecule has 1 fully saturated rings. The van der Waals surface area contributed by atoms with Crippen LogP contribution < -0.4 is 10.1 Å². The van der Waals surface area contributed by atoms with Gasteiger partial charge in [0.2, 0.25) is 5.91 Å². The van der Waals surface area contributed by atoms with Gasteiger partial charge >= 0.3 is 0 Å². The van der Waals surface area contributed by atoms with Crippen LogP contribution in [-0.4, -0.2) is 44.5 Å². The Hall–Kier alpha value is -2.48. The van der Waals surface area contributed by atoms with Crippen molar-refractivity contribution < 1.29 is 14.3 Å². The van der Waals surface area contributed by atoms with E-state index in [9.17, 15) is 9.59 Å². The van der Waals surface area contributed by atoms with E-state index in [0.717, 1.165) is 37.2 Å². The lowest BCUT2D eigenvalue weighted by molar-refractivity contribution is -0.128. The fourth-order valence-electron chi connectivity index (χ4n) is 3.92. The first-order valence-corrected chi connectivity index (χ1v) is 11.3. The summed E-state index contributed by atoms with van der Waals surface area (Å²) in [6.45, 7) is 8.17. The molecule has 1 atom stereocenters. The molecular weight excluding hydrogens is 400 g/mol. The quantitative estimate of drug-likeness (QED) is 0.718. The van der Waals surface area contributed by atoms with Crippen LogP contribution in [0.15, 0.2) is 29.6 Å². The lowest BCUT2D eigenvalue weighted by atomic mass is 9.98. The molecule has 0 radical (unpaired) electrons. The van der Waals surface area contributed by atoms with Crippen molar-refractivity contribution in [1.29, 1.82) is 0 Å². The molecule has 0 saturated heterocycles. The van der Waals surface area contributed by atoms with Gasteiger partial charge in [0.1, 0.15) is 11.8 Å². The van der Waals surface area contributed by atoms with Crippen LogP contribution in [-0.2, 0) is 4.79 Å². The number of aromatic nitrogens is 2. The van der Waals surface area contributed by atoms with Crippen LogP contribution in [0.25, 0.3) is 0 Å². The second-order valence-corrected chi connectivity index (χ2v) is 9.16. The number of para-hydroxylation sites is 1. The van der Waals surface area contributed by atoms with Crippen LogP contribution in [0.5, 0.6) is 5.75 Å². The van der Waals surface area contributed by atoms with Crippen LogP contribution in [0.4, 0.5) is 0 Å². The van der Waals surface area contributed by atoms with E-state index in [0.29, 0.717) is 17.9 Å². The van der Waals surface area contributed by atoms with Gasteiger partial charge in [-0.05, 0) is 58.1 Å². The lowest BCUT2D eigenvalue weighted by Gasteiger charge is -2.37. The lowest BCUT2D eigenvalue weighted by Crippen LogP contribution is -2.52. The SMILES string of the molecule is CCOc1ccccc1[C@H](C(=O)NC(C)(C)C)N(C(=O)c1csnn1)C1CCCC1. The van der Waals surface area contributed by atoms with Crippen LogP contribution >= 0.6 is 11.5 Å². The molecule has 162 valence electrons. The van der Waals surface area contributed by atoms with E-state index in [-0.39, 0.29) is 23.6 Å². The minimum atomic E-state index is -0.815. The van der Waals surface area contributed by atoms with Gasteiger partial charge in [0.15, 0.2) is 5.69 Å². The van der Waals surface area contributed by atoms with Crippen molar-refractivity contribution in [2.24, 2.45) is 0 Å². The Bertz CT molecular complexity index is 858. The molecule has 1 aromatic carbocycles. The average Bonchev–Trinajstić information content (AvgIpc) is 3.39. The van der Waals surface area contributed by atoms with E-state index in [1.807, 2.05) is 52.0 Å². The summed E-state index contributed by atoms with van der Waals surface area (Å²) in [7, 11) is 0. The molecule has 1 N–H and O–H groups in total. The molecule has 0 unspecified atom stereocenters. The third kappa shape index (κ3) is 5.16. The van der Waals surface area contributed by atoms with Gasteiger partial charge in [0.25, 0.3) is 5.91 Å². The van der Waals surface area contributed by atoms with Gasteiger partial charge in [-0.1, -0.05) is 35.5 Å². The number of ether oxygens (including phenoxy) is 1. The summed E-state index contributed by atoms with van der Waals surface area (Å²) in [6, 6.07) is 6.61. The van der Waals surface area contributed by atoms with Crippen molar-refractivity contribution in [3.05, 3.63) is 40.9 Å². The molecule has 2 amide bonds. The highest BCUT2D eigenvalue weighted by molar-refractivity contribution is 7.03. The van der Waals surface area contributed by atoms with Crippen LogP contribution in [0.1, 0.15) is 75.5 Å². The number of amides is 2. The number of carbonyl (C=O) groups excluding carboxylic acids is 2. The van der Waals surface area contributed by atoms with E-state index in [2.05, 4.69) is 14.9 Å². The summed E-state index contributed by atoms with van der Waals surface area (Å²) in [6.07, 6.45) is 3.79. The standard InChI is InChI=1S/C22H30N4O3S/c1-5-29-18-13-9-8-12-16(18)19(20(27)23-22(2,3)4)26(15-10-6-7-11-15)21(28)17-14-30-25-24-17/h8-9,12-15,19H,5-7,10-11H2,1-4H3,(H,23,27)/t19-/m1/s1. The summed E-state index contributed by atoms with van der Waals surface area (Å²) >= 11 is 1.13. The maximum atomic E-state index is 13.6. The molecule has 0 spiro atoms. The van der Waals surface area contributed by atoms with Gasteiger partial charge in [-0.15, -0.1) is 5.10 Å². The highest BCUT2D eigenvalue weighted by atomic mass is 32.1. The fraction of sp³-hybridized carbons (Fsp3) is 0.545. The smallest absolute Gasteiger partial charge is 0.276 e. The Balaban J connectivity index is 2.11. The summed E-state index contributed by atoms with van der Waals surface area (Å²) in [5, 5.41) is 8.70. The Kier molecular flexibility index (Phi) is 7.07. The largest absolute Gasteiger partial charge is 0.494 e. The van der Waals surface area contributed by atoms with Gasteiger partial charge in [-0.3, -0.25) is 9.59 Å². The van der Waals surface area contributed by atoms with Crippen LogP contribution in [0.2, 0.25) is 0 Å². The highest BCUT2D eigenvalue weighted by Crippen LogP contribution is 2.36. The minimum absolute atomic E-state index is 0.0374. The zero-order valence-corrected chi connectivity index (χ0v) is 18.9. The van der Waals surface area contributed by atoms with Gasteiger partial charge in [0.05, 0.1) is 6.61 Å². The molecule has 7 nitrogen and oxygen atoms in total. The first-order chi connectivity index (χ1) is 14.3. The average molecular weight is 431 g/mol. The number of nitrogens with zero attached hydrogens (tertiary/aromatic N) is 3. The van der Waals surface area contributed by atoms with Crippen LogP contribution in [0.3, 0.4) is 0 Å². The van der Waals surface area contributed by atoms with Gasteiger partial charge in [-0.25, -0.2) is 0 Å². The molecular formula is C22H30N4O3S. The zero-order chi connectivity index (χ0) is 21.7. The van der Waals surface area contributed by atoms with Crippen molar-refractivity contribution in [1.82, 2.24) is 19.8 Å². The molecule has 0 bridgehead atoms. The predicted molar refractivity (Wildman–Crippen MR) is 117 cm³/mol. The summed E-state index contributed by atoms with van der Waals surface area (Å²) in [5.74, 6) is 0.121. The molecule has 3 rings (SSSR count). The van der Waals surface area contributed by atoms with Crippen molar-refractivity contribution in [3.8, 4) is 5.75 Å². The Labute approximate surface area is 182 Å². The van der Waals surface area contributed by atoms with Gasteiger partial charge in [0, 0.05) is 22.5 Å². The molecule has 1 aliphatic carbocycles. The number of hydrogen-bond donors (Lipinski definition) is 1. The summed E-state index contributed by atoms with van der Waals surface area (Å²) < 4.78 is 9.69. The molecule has 1 aromatic heterocycles. The molecule has 1 saturated carbocycles. The van der Waals surface area contributed by atoms with Crippen molar-refractivity contribution in [2.45, 2.75) is 71.0 Å². The third-order valence-corrected chi connectivity index (χ3v) is 5.57. The maximum absolute atomic E-state index is 13.6. The Morgan fingerprint density at radius 1 is 1.27 bits per heavy atom. The first kappa shape index (κ1) is 22.2. The van der Waals surface area contributed by atoms with E-state index < -0.39 is 11.6 Å². The second kappa shape index (κ2) is 9.55. The normalized spacial score (nSPS) is 15.6. The van der Waals surface area contributed by atoms with Crippen LogP contribution in [0, 0.1) is 0 Å². The van der Waals surface area contributed by atoms with E-state index in [1.165, 1.54) is 0 Å². The minimum Gasteiger partial charge on any atom is -0.494 e. The van der Waals surface area contributed by atoms with E-state index >= 15 is 0 Å².